The van der Waals surface area contributed by atoms with Gasteiger partial charge in [-0.3, -0.25) is 4.79 Å². The summed E-state index contributed by atoms with van der Waals surface area (Å²) in [4.78, 5) is 12.2. The smallest absolute Gasteiger partial charge is 0.257 e. The van der Waals surface area contributed by atoms with Crippen molar-refractivity contribution in [3.63, 3.8) is 0 Å². The minimum Gasteiger partial charge on any atom is -0.319 e. The molecule has 0 fully saturated rings. The fraction of sp³-hybridized carbons (Fsp3) is 0.133. The van der Waals surface area contributed by atoms with Crippen molar-refractivity contribution in [1.29, 1.82) is 0 Å². The summed E-state index contributed by atoms with van der Waals surface area (Å²) in [5, 5.41) is 2.38. The Bertz CT molecular complexity index is 772. The van der Waals surface area contributed by atoms with E-state index in [2.05, 4.69) is 5.32 Å². The van der Waals surface area contributed by atoms with Crippen LogP contribution in [0.3, 0.4) is 0 Å². The molecule has 1 N–H and O–H groups in total. The normalized spacial score (nSPS) is 11.1. The van der Waals surface area contributed by atoms with Crippen LogP contribution in [0.2, 0.25) is 0 Å². The lowest BCUT2D eigenvalue weighted by Gasteiger charge is -2.10. The zero-order chi connectivity index (χ0) is 15.5. The van der Waals surface area contributed by atoms with Crippen LogP contribution < -0.4 is 5.32 Å². The van der Waals surface area contributed by atoms with Crippen LogP contribution in [0.4, 0.5) is 10.1 Å². The molecular weight excluding hydrogens is 293 g/mol. The fourth-order valence-corrected chi connectivity index (χ4v) is 2.93. The van der Waals surface area contributed by atoms with Gasteiger partial charge < -0.3 is 5.32 Å². The number of amides is 1. The van der Waals surface area contributed by atoms with E-state index in [1.807, 2.05) is 0 Å². The lowest BCUT2D eigenvalue weighted by atomic mass is 10.2. The number of hydrogen-bond donors (Lipinski definition) is 1. The van der Waals surface area contributed by atoms with Crippen molar-refractivity contribution in [1.82, 2.24) is 0 Å². The Morgan fingerprint density at radius 1 is 1.10 bits per heavy atom. The van der Waals surface area contributed by atoms with Gasteiger partial charge in [-0.05, 0) is 24.3 Å². The molecule has 0 heterocycles. The molecule has 2 aromatic rings. The van der Waals surface area contributed by atoms with Crippen LogP contribution in [0.1, 0.15) is 17.3 Å². The number of halogens is 1. The van der Waals surface area contributed by atoms with Gasteiger partial charge in [0.05, 0.1) is 21.9 Å². The number of hydrogen-bond acceptors (Lipinski definition) is 3. The highest BCUT2D eigenvalue weighted by Gasteiger charge is 2.21. The van der Waals surface area contributed by atoms with E-state index in [1.54, 1.807) is 18.2 Å². The van der Waals surface area contributed by atoms with E-state index >= 15 is 0 Å². The number of carbonyl (C=O) groups is 1. The SMILES string of the molecule is CCS(=O)(=O)c1ccccc1C(=O)Nc1ccccc1F. The maximum absolute atomic E-state index is 13.5. The highest BCUT2D eigenvalue weighted by atomic mass is 32.2. The average Bonchev–Trinajstić information content (AvgIpc) is 2.49. The second-order valence-corrected chi connectivity index (χ2v) is 6.58. The Morgan fingerprint density at radius 3 is 2.38 bits per heavy atom. The standard InChI is InChI=1S/C15H14FNO3S/c1-2-21(19,20)14-10-6-3-7-11(14)15(18)17-13-9-5-4-8-12(13)16/h3-10H,2H2,1H3,(H,17,18). The average molecular weight is 307 g/mol. The summed E-state index contributed by atoms with van der Waals surface area (Å²) in [5.74, 6) is -1.36. The number of para-hydroxylation sites is 1. The maximum atomic E-state index is 13.5. The summed E-state index contributed by atoms with van der Waals surface area (Å²) in [6.07, 6.45) is 0. The zero-order valence-corrected chi connectivity index (χ0v) is 12.2. The minimum absolute atomic E-state index is 0.00241. The predicted molar refractivity (Wildman–Crippen MR) is 78.5 cm³/mol. The molecule has 4 nitrogen and oxygen atoms in total. The highest BCUT2D eigenvalue weighted by Crippen LogP contribution is 2.20. The van der Waals surface area contributed by atoms with E-state index in [9.17, 15) is 17.6 Å². The first-order valence-electron chi connectivity index (χ1n) is 6.33. The van der Waals surface area contributed by atoms with Gasteiger partial charge >= 0.3 is 0 Å². The summed E-state index contributed by atoms with van der Waals surface area (Å²) in [6, 6.07) is 11.6. The zero-order valence-electron chi connectivity index (χ0n) is 11.3. The largest absolute Gasteiger partial charge is 0.319 e. The highest BCUT2D eigenvalue weighted by molar-refractivity contribution is 7.91. The molecular formula is C15H14FNO3S. The van der Waals surface area contributed by atoms with Crippen molar-refractivity contribution >= 4 is 21.4 Å². The van der Waals surface area contributed by atoms with Crippen LogP contribution in [0.25, 0.3) is 0 Å². The van der Waals surface area contributed by atoms with Crippen molar-refractivity contribution < 1.29 is 17.6 Å². The van der Waals surface area contributed by atoms with E-state index in [-0.39, 0.29) is 21.9 Å². The third kappa shape index (κ3) is 3.28. The molecule has 0 aromatic heterocycles. The molecule has 0 aliphatic heterocycles. The van der Waals surface area contributed by atoms with Crippen molar-refractivity contribution in [3.05, 3.63) is 59.9 Å². The summed E-state index contributed by atoms with van der Waals surface area (Å²) >= 11 is 0. The third-order valence-corrected chi connectivity index (χ3v) is 4.76. The minimum atomic E-state index is -3.53. The number of nitrogens with one attached hydrogen (secondary N) is 1. The van der Waals surface area contributed by atoms with Gasteiger partial charge in [0.15, 0.2) is 9.84 Å². The third-order valence-electron chi connectivity index (χ3n) is 2.97. The molecule has 0 radical (unpaired) electrons. The van der Waals surface area contributed by atoms with Gasteiger partial charge in [-0.2, -0.15) is 0 Å². The first-order chi connectivity index (χ1) is 9.95. The number of anilines is 1. The van der Waals surface area contributed by atoms with Gasteiger partial charge in [0.2, 0.25) is 0 Å². The molecule has 2 aromatic carbocycles. The monoisotopic (exact) mass is 307 g/mol. The Kier molecular flexibility index (Phi) is 4.37. The molecule has 110 valence electrons. The van der Waals surface area contributed by atoms with Crippen LogP contribution in [-0.2, 0) is 9.84 Å². The van der Waals surface area contributed by atoms with Crippen LogP contribution in [-0.4, -0.2) is 20.1 Å². The molecule has 0 bridgehead atoms. The van der Waals surface area contributed by atoms with E-state index in [1.165, 1.54) is 37.3 Å². The topological polar surface area (TPSA) is 63.2 Å². The van der Waals surface area contributed by atoms with Gasteiger partial charge in [-0.15, -0.1) is 0 Å². The molecule has 0 aliphatic carbocycles. The van der Waals surface area contributed by atoms with Gasteiger partial charge in [0.25, 0.3) is 5.91 Å². The van der Waals surface area contributed by atoms with Gasteiger partial charge in [-0.25, -0.2) is 12.8 Å². The molecule has 0 saturated carbocycles. The quantitative estimate of drug-likeness (QED) is 0.944. The number of carbonyl (C=O) groups excluding carboxylic acids is 1. The van der Waals surface area contributed by atoms with Crippen LogP contribution >= 0.6 is 0 Å². The first kappa shape index (κ1) is 15.2. The summed E-state index contributed by atoms with van der Waals surface area (Å²) in [5.41, 5.74) is 0.00815. The van der Waals surface area contributed by atoms with E-state index in [4.69, 9.17) is 0 Å². The van der Waals surface area contributed by atoms with Gasteiger partial charge in [-0.1, -0.05) is 31.2 Å². The predicted octanol–water partition coefficient (Wildman–Crippen LogP) is 2.87. The Hall–Kier alpha value is -2.21. The number of rotatable bonds is 4. The molecule has 0 saturated heterocycles. The van der Waals surface area contributed by atoms with Gasteiger partial charge in [0, 0.05) is 0 Å². The molecule has 21 heavy (non-hydrogen) atoms. The second kappa shape index (κ2) is 6.05. The molecule has 0 aliphatic rings. The molecule has 2 rings (SSSR count). The maximum Gasteiger partial charge on any atom is 0.257 e. The van der Waals surface area contributed by atoms with E-state index in [0.29, 0.717) is 0 Å². The molecule has 0 spiro atoms. The molecule has 6 heteroatoms. The van der Waals surface area contributed by atoms with Crippen molar-refractivity contribution in [2.45, 2.75) is 11.8 Å². The van der Waals surface area contributed by atoms with Crippen molar-refractivity contribution in [3.8, 4) is 0 Å². The molecule has 0 atom stereocenters. The Labute approximate surface area is 122 Å². The van der Waals surface area contributed by atoms with Crippen LogP contribution in [0.15, 0.2) is 53.4 Å². The fourth-order valence-electron chi connectivity index (χ4n) is 1.83. The Morgan fingerprint density at radius 2 is 1.71 bits per heavy atom. The first-order valence-corrected chi connectivity index (χ1v) is 7.98. The lowest BCUT2D eigenvalue weighted by Crippen LogP contribution is -2.17. The van der Waals surface area contributed by atoms with Gasteiger partial charge in [0.1, 0.15) is 5.82 Å². The van der Waals surface area contributed by atoms with Crippen molar-refractivity contribution in [2.24, 2.45) is 0 Å². The number of benzene rings is 2. The molecule has 1 amide bonds. The second-order valence-electron chi connectivity index (χ2n) is 4.33. The number of sulfone groups is 1. The van der Waals surface area contributed by atoms with Crippen LogP contribution in [0.5, 0.6) is 0 Å². The summed E-state index contributed by atoms with van der Waals surface area (Å²) in [6.45, 7) is 1.50. The summed E-state index contributed by atoms with van der Waals surface area (Å²) < 4.78 is 37.5. The van der Waals surface area contributed by atoms with E-state index in [0.717, 1.165) is 0 Å². The lowest BCUT2D eigenvalue weighted by molar-refractivity contribution is 0.102. The Balaban J connectivity index is 2.39. The van der Waals surface area contributed by atoms with E-state index < -0.39 is 21.6 Å². The van der Waals surface area contributed by atoms with Crippen LogP contribution in [0, 0.1) is 5.82 Å². The van der Waals surface area contributed by atoms with Crippen molar-refractivity contribution in [2.75, 3.05) is 11.1 Å². The summed E-state index contributed by atoms with van der Waals surface area (Å²) in [7, 11) is -3.53. The molecule has 0 unspecified atom stereocenters.